The van der Waals surface area contributed by atoms with Gasteiger partial charge < -0.3 is 13.9 Å². The molecule has 0 saturated carbocycles. The molecule has 0 bridgehead atoms. The van der Waals surface area contributed by atoms with Crippen molar-refractivity contribution in [2.24, 2.45) is 0 Å². The molecule has 1 aromatic carbocycles. The summed E-state index contributed by atoms with van der Waals surface area (Å²) in [5, 5.41) is 8.64. The molecule has 1 aliphatic rings. The average molecular weight is 386 g/mol. The molecule has 140 valence electrons. The predicted molar refractivity (Wildman–Crippen MR) is 101 cm³/mol. The van der Waals surface area contributed by atoms with E-state index >= 15 is 0 Å². The molecule has 6 nitrogen and oxygen atoms in total. The first kappa shape index (κ1) is 17.8. The number of aromatic nitrogens is 2. The molecule has 4 rings (SSSR count). The molecule has 1 saturated heterocycles. The van der Waals surface area contributed by atoms with E-state index in [1.807, 2.05) is 36.9 Å². The quantitative estimate of drug-likeness (QED) is 0.643. The number of hydrogen-bond donors (Lipinski definition) is 0. The number of aryl methyl sites for hydroxylation is 2. The van der Waals surface area contributed by atoms with Gasteiger partial charge in [0, 0.05) is 30.2 Å². The van der Waals surface area contributed by atoms with Gasteiger partial charge in [0.1, 0.15) is 5.76 Å². The summed E-state index contributed by atoms with van der Waals surface area (Å²) in [5.74, 6) is 1.17. The van der Waals surface area contributed by atoms with Crippen molar-refractivity contribution in [3.8, 4) is 11.3 Å². The van der Waals surface area contributed by atoms with Gasteiger partial charge in [-0.05, 0) is 31.9 Å². The van der Waals surface area contributed by atoms with Crippen LogP contribution in [0.2, 0.25) is 5.02 Å². The van der Waals surface area contributed by atoms with Crippen LogP contribution in [-0.2, 0) is 6.42 Å². The Morgan fingerprint density at radius 3 is 2.89 bits per heavy atom. The van der Waals surface area contributed by atoms with Gasteiger partial charge >= 0.3 is 0 Å². The first-order chi connectivity index (χ1) is 13.1. The van der Waals surface area contributed by atoms with E-state index in [4.69, 9.17) is 20.6 Å². The standard InChI is InChI=1S/C20H20ClN3O3/c1-3-17-19(12(2)22-26-17)16-9-6-10-24(16)20(25)15-11-18(27-23-15)13-7-4-5-8-14(13)21/h4-5,7-8,11,16H,3,6,9-10H2,1-2H3/t16-/m1/s1. The van der Waals surface area contributed by atoms with Crippen LogP contribution in [0.25, 0.3) is 11.3 Å². The molecule has 2 aromatic heterocycles. The zero-order chi connectivity index (χ0) is 19.0. The SMILES string of the molecule is CCc1onc(C)c1[C@H]1CCCN1C(=O)c1cc(-c2ccccc2Cl)on1. The normalized spacial score (nSPS) is 16.9. The van der Waals surface area contributed by atoms with Crippen molar-refractivity contribution in [3.05, 3.63) is 58.1 Å². The Balaban J connectivity index is 1.63. The summed E-state index contributed by atoms with van der Waals surface area (Å²) in [6, 6.07) is 8.93. The van der Waals surface area contributed by atoms with E-state index in [9.17, 15) is 4.79 Å². The fourth-order valence-electron chi connectivity index (χ4n) is 3.73. The minimum absolute atomic E-state index is 0.0424. The van der Waals surface area contributed by atoms with E-state index in [1.165, 1.54) is 0 Å². The van der Waals surface area contributed by atoms with Gasteiger partial charge in [0.15, 0.2) is 11.5 Å². The maximum Gasteiger partial charge on any atom is 0.276 e. The highest BCUT2D eigenvalue weighted by molar-refractivity contribution is 6.33. The summed E-state index contributed by atoms with van der Waals surface area (Å²) >= 11 is 6.22. The highest BCUT2D eigenvalue weighted by Gasteiger charge is 2.36. The average Bonchev–Trinajstić information content (AvgIpc) is 3.40. The lowest BCUT2D eigenvalue weighted by Crippen LogP contribution is -2.31. The molecule has 0 spiro atoms. The van der Waals surface area contributed by atoms with Crippen LogP contribution < -0.4 is 0 Å². The van der Waals surface area contributed by atoms with Gasteiger partial charge in [-0.1, -0.05) is 41.0 Å². The third-order valence-corrected chi connectivity index (χ3v) is 5.35. The van der Waals surface area contributed by atoms with Crippen LogP contribution >= 0.6 is 11.6 Å². The first-order valence-corrected chi connectivity index (χ1v) is 9.45. The van der Waals surface area contributed by atoms with Crippen molar-refractivity contribution < 1.29 is 13.8 Å². The monoisotopic (exact) mass is 385 g/mol. The lowest BCUT2D eigenvalue weighted by atomic mass is 10.0. The number of halogens is 1. The number of likely N-dealkylation sites (tertiary alicyclic amines) is 1. The molecule has 0 radical (unpaired) electrons. The van der Waals surface area contributed by atoms with Crippen LogP contribution in [0.1, 0.15) is 53.3 Å². The molecule has 0 unspecified atom stereocenters. The van der Waals surface area contributed by atoms with Gasteiger partial charge in [-0.15, -0.1) is 0 Å². The number of carbonyl (C=O) groups excluding carboxylic acids is 1. The lowest BCUT2D eigenvalue weighted by Gasteiger charge is -2.24. The number of nitrogens with zero attached hydrogens (tertiary/aromatic N) is 3. The molecular formula is C20H20ClN3O3. The number of carbonyl (C=O) groups is 1. The van der Waals surface area contributed by atoms with Gasteiger partial charge in [0.25, 0.3) is 5.91 Å². The lowest BCUT2D eigenvalue weighted by molar-refractivity contribution is 0.0724. The van der Waals surface area contributed by atoms with Crippen molar-refractivity contribution in [1.82, 2.24) is 15.2 Å². The predicted octanol–water partition coefficient (Wildman–Crippen LogP) is 4.83. The number of hydrogen-bond acceptors (Lipinski definition) is 5. The van der Waals surface area contributed by atoms with Crippen molar-refractivity contribution in [2.45, 2.75) is 39.2 Å². The van der Waals surface area contributed by atoms with Gasteiger partial charge in [-0.3, -0.25) is 4.79 Å². The van der Waals surface area contributed by atoms with Crippen molar-refractivity contribution in [1.29, 1.82) is 0 Å². The van der Waals surface area contributed by atoms with Crippen molar-refractivity contribution in [2.75, 3.05) is 6.54 Å². The summed E-state index contributed by atoms with van der Waals surface area (Å²) in [6.45, 7) is 4.62. The Hall–Kier alpha value is -2.60. The fourth-order valence-corrected chi connectivity index (χ4v) is 3.96. The molecule has 1 amide bonds. The Morgan fingerprint density at radius 2 is 2.11 bits per heavy atom. The van der Waals surface area contributed by atoms with E-state index < -0.39 is 0 Å². The Kier molecular flexibility index (Phi) is 4.74. The van der Waals surface area contributed by atoms with Crippen LogP contribution in [0.5, 0.6) is 0 Å². The summed E-state index contributed by atoms with van der Waals surface area (Å²) < 4.78 is 10.8. The van der Waals surface area contributed by atoms with Crippen LogP contribution in [0.15, 0.2) is 39.4 Å². The summed E-state index contributed by atoms with van der Waals surface area (Å²) in [4.78, 5) is 15.0. The topological polar surface area (TPSA) is 72.4 Å². The number of amides is 1. The molecule has 3 aromatic rings. The van der Waals surface area contributed by atoms with Gasteiger partial charge in [-0.25, -0.2) is 0 Å². The molecule has 0 aliphatic carbocycles. The van der Waals surface area contributed by atoms with Gasteiger partial charge in [-0.2, -0.15) is 0 Å². The molecule has 1 fully saturated rings. The summed E-state index contributed by atoms with van der Waals surface area (Å²) in [7, 11) is 0. The van der Waals surface area contributed by atoms with E-state index in [1.54, 1.807) is 12.1 Å². The second kappa shape index (κ2) is 7.19. The van der Waals surface area contributed by atoms with Crippen LogP contribution in [0, 0.1) is 6.92 Å². The zero-order valence-corrected chi connectivity index (χ0v) is 16.0. The minimum atomic E-state index is -0.151. The highest BCUT2D eigenvalue weighted by Crippen LogP contribution is 2.37. The van der Waals surface area contributed by atoms with Crippen LogP contribution in [-0.4, -0.2) is 27.7 Å². The van der Waals surface area contributed by atoms with E-state index in [2.05, 4.69) is 10.3 Å². The highest BCUT2D eigenvalue weighted by atomic mass is 35.5. The molecule has 27 heavy (non-hydrogen) atoms. The minimum Gasteiger partial charge on any atom is -0.361 e. The third-order valence-electron chi connectivity index (χ3n) is 5.02. The summed E-state index contributed by atoms with van der Waals surface area (Å²) in [5.41, 5.74) is 2.86. The van der Waals surface area contributed by atoms with E-state index in [0.717, 1.165) is 36.3 Å². The molecule has 1 aliphatic heterocycles. The van der Waals surface area contributed by atoms with E-state index in [0.29, 0.717) is 22.9 Å². The smallest absolute Gasteiger partial charge is 0.276 e. The van der Waals surface area contributed by atoms with Gasteiger partial charge in [0.2, 0.25) is 0 Å². The fraction of sp³-hybridized carbons (Fsp3) is 0.350. The maximum absolute atomic E-state index is 13.1. The zero-order valence-electron chi connectivity index (χ0n) is 15.2. The third kappa shape index (κ3) is 3.14. The van der Waals surface area contributed by atoms with Crippen molar-refractivity contribution >= 4 is 17.5 Å². The second-order valence-corrected chi connectivity index (χ2v) is 7.08. The van der Waals surface area contributed by atoms with Crippen LogP contribution in [0.4, 0.5) is 0 Å². The second-order valence-electron chi connectivity index (χ2n) is 6.67. The molecule has 7 heteroatoms. The molecule has 3 heterocycles. The first-order valence-electron chi connectivity index (χ1n) is 9.07. The molecular weight excluding hydrogens is 366 g/mol. The van der Waals surface area contributed by atoms with Gasteiger partial charge in [0.05, 0.1) is 16.8 Å². The number of benzene rings is 1. The van der Waals surface area contributed by atoms with Crippen molar-refractivity contribution in [3.63, 3.8) is 0 Å². The molecule has 0 N–H and O–H groups in total. The summed E-state index contributed by atoms with van der Waals surface area (Å²) in [6.07, 6.45) is 2.56. The van der Waals surface area contributed by atoms with Crippen LogP contribution in [0.3, 0.4) is 0 Å². The molecule has 1 atom stereocenters. The Labute approximate surface area is 162 Å². The maximum atomic E-state index is 13.1. The Morgan fingerprint density at radius 1 is 1.30 bits per heavy atom. The van der Waals surface area contributed by atoms with E-state index in [-0.39, 0.29) is 17.6 Å². The number of rotatable bonds is 4. The Bertz CT molecular complexity index is 979. The largest absolute Gasteiger partial charge is 0.361 e.